The standard InChI is InChI=1S/C24H33NO4S/c1-6-19-16-20(23(27)28-8-3)22(30-19)25-21(26)10-9-15-29-18-13-11-17(12-14-18)24(4,5)7-2/h11-14,16H,6-10,15H2,1-5H3,(H,25,26). The number of aryl methyl sites for hydroxylation is 1. The summed E-state index contributed by atoms with van der Waals surface area (Å²) >= 11 is 1.42. The van der Waals surface area contributed by atoms with Gasteiger partial charge in [-0.2, -0.15) is 0 Å². The lowest BCUT2D eigenvalue weighted by Gasteiger charge is -2.23. The fourth-order valence-corrected chi connectivity index (χ4v) is 3.89. The maximum atomic E-state index is 12.3. The van der Waals surface area contributed by atoms with Crippen molar-refractivity contribution in [3.63, 3.8) is 0 Å². The first-order valence-corrected chi connectivity index (χ1v) is 11.4. The first-order valence-electron chi connectivity index (χ1n) is 10.6. The highest BCUT2D eigenvalue weighted by Gasteiger charge is 2.19. The summed E-state index contributed by atoms with van der Waals surface area (Å²) in [6.45, 7) is 11.2. The molecule has 0 radical (unpaired) electrons. The summed E-state index contributed by atoms with van der Waals surface area (Å²) in [5, 5.41) is 3.42. The number of nitrogens with one attached hydrogen (secondary N) is 1. The van der Waals surface area contributed by atoms with Gasteiger partial charge in [0.15, 0.2) is 0 Å². The molecule has 0 saturated heterocycles. The molecule has 0 aliphatic heterocycles. The van der Waals surface area contributed by atoms with Crippen LogP contribution in [-0.4, -0.2) is 25.1 Å². The van der Waals surface area contributed by atoms with Crippen LogP contribution >= 0.6 is 11.3 Å². The second kappa shape index (κ2) is 11.2. The number of hydrogen-bond acceptors (Lipinski definition) is 5. The zero-order chi connectivity index (χ0) is 22.1. The van der Waals surface area contributed by atoms with Crippen molar-refractivity contribution in [3.8, 4) is 5.75 Å². The van der Waals surface area contributed by atoms with Crippen LogP contribution in [0.2, 0.25) is 0 Å². The fraction of sp³-hybridized carbons (Fsp3) is 0.500. The summed E-state index contributed by atoms with van der Waals surface area (Å²) in [6, 6.07) is 9.96. The van der Waals surface area contributed by atoms with Crippen molar-refractivity contribution in [1.82, 2.24) is 0 Å². The zero-order valence-electron chi connectivity index (χ0n) is 18.7. The molecule has 0 aliphatic rings. The van der Waals surface area contributed by atoms with E-state index in [-0.39, 0.29) is 11.3 Å². The average Bonchev–Trinajstić information content (AvgIpc) is 3.14. The van der Waals surface area contributed by atoms with Gasteiger partial charge in [0.1, 0.15) is 10.8 Å². The molecule has 0 bridgehead atoms. The van der Waals surface area contributed by atoms with E-state index in [2.05, 4.69) is 38.2 Å². The van der Waals surface area contributed by atoms with E-state index in [1.165, 1.54) is 16.9 Å². The number of benzene rings is 1. The molecule has 0 atom stereocenters. The number of amides is 1. The van der Waals surface area contributed by atoms with Gasteiger partial charge in [0.05, 0.1) is 18.8 Å². The van der Waals surface area contributed by atoms with E-state index in [1.807, 2.05) is 19.1 Å². The molecule has 1 N–H and O–H groups in total. The number of rotatable bonds is 11. The Morgan fingerprint density at radius 3 is 2.40 bits per heavy atom. The van der Waals surface area contributed by atoms with E-state index in [4.69, 9.17) is 9.47 Å². The van der Waals surface area contributed by atoms with Crippen molar-refractivity contribution in [3.05, 3.63) is 46.3 Å². The maximum Gasteiger partial charge on any atom is 0.341 e. The number of thiophene rings is 1. The Hall–Kier alpha value is -2.34. The van der Waals surface area contributed by atoms with Crippen molar-refractivity contribution in [2.75, 3.05) is 18.5 Å². The van der Waals surface area contributed by atoms with Gasteiger partial charge in [-0.15, -0.1) is 11.3 Å². The highest BCUT2D eigenvalue weighted by Crippen LogP contribution is 2.30. The normalized spacial score (nSPS) is 11.2. The van der Waals surface area contributed by atoms with Crippen LogP contribution < -0.4 is 10.1 Å². The molecule has 1 aromatic heterocycles. The van der Waals surface area contributed by atoms with E-state index in [1.54, 1.807) is 13.0 Å². The Labute approximate surface area is 183 Å². The van der Waals surface area contributed by atoms with Gasteiger partial charge in [-0.3, -0.25) is 4.79 Å². The summed E-state index contributed by atoms with van der Waals surface area (Å²) < 4.78 is 10.9. The Bertz CT molecular complexity index is 839. The monoisotopic (exact) mass is 431 g/mol. The third-order valence-electron chi connectivity index (χ3n) is 5.22. The first-order chi connectivity index (χ1) is 14.3. The van der Waals surface area contributed by atoms with Crippen molar-refractivity contribution >= 4 is 28.2 Å². The van der Waals surface area contributed by atoms with E-state index >= 15 is 0 Å². The van der Waals surface area contributed by atoms with E-state index in [0.717, 1.165) is 23.5 Å². The molecule has 1 amide bonds. The van der Waals surface area contributed by atoms with E-state index in [0.29, 0.717) is 36.6 Å². The number of hydrogen-bond donors (Lipinski definition) is 1. The molecule has 5 nitrogen and oxygen atoms in total. The molecular weight excluding hydrogens is 398 g/mol. The van der Waals surface area contributed by atoms with Crippen molar-refractivity contribution in [1.29, 1.82) is 0 Å². The van der Waals surface area contributed by atoms with Crippen LogP contribution in [0, 0.1) is 0 Å². The van der Waals surface area contributed by atoms with Crippen LogP contribution in [0.4, 0.5) is 5.00 Å². The fourth-order valence-electron chi connectivity index (χ4n) is 2.89. The smallest absolute Gasteiger partial charge is 0.341 e. The number of carbonyl (C=O) groups is 2. The molecule has 1 aromatic carbocycles. The summed E-state index contributed by atoms with van der Waals surface area (Å²) in [5.41, 5.74) is 1.87. The maximum absolute atomic E-state index is 12.3. The molecule has 164 valence electrons. The van der Waals surface area contributed by atoms with Gasteiger partial charge in [0.2, 0.25) is 5.91 Å². The molecule has 2 aromatic rings. The minimum Gasteiger partial charge on any atom is -0.494 e. The van der Waals surface area contributed by atoms with Gasteiger partial charge in [-0.05, 0) is 55.4 Å². The molecule has 1 heterocycles. The minimum atomic E-state index is -0.401. The van der Waals surface area contributed by atoms with Gasteiger partial charge < -0.3 is 14.8 Å². The van der Waals surface area contributed by atoms with Gasteiger partial charge in [0, 0.05) is 11.3 Å². The first kappa shape index (κ1) is 23.9. The number of esters is 1. The summed E-state index contributed by atoms with van der Waals surface area (Å²) in [7, 11) is 0. The topological polar surface area (TPSA) is 64.6 Å². The largest absolute Gasteiger partial charge is 0.494 e. The summed E-state index contributed by atoms with van der Waals surface area (Å²) in [6.07, 6.45) is 2.79. The second-order valence-electron chi connectivity index (χ2n) is 7.79. The Morgan fingerprint density at radius 1 is 1.10 bits per heavy atom. The zero-order valence-corrected chi connectivity index (χ0v) is 19.5. The number of carbonyl (C=O) groups excluding carboxylic acids is 2. The molecule has 0 fully saturated rings. The van der Waals surface area contributed by atoms with E-state index in [9.17, 15) is 9.59 Å². The Balaban J connectivity index is 1.83. The Morgan fingerprint density at radius 2 is 1.80 bits per heavy atom. The third-order valence-corrected chi connectivity index (χ3v) is 6.41. The number of anilines is 1. The molecule has 0 spiro atoms. The summed E-state index contributed by atoms with van der Waals surface area (Å²) in [5.74, 6) is 0.275. The molecule has 0 aliphatic carbocycles. The van der Waals surface area contributed by atoms with Gasteiger partial charge in [0.25, 0.3) is 0 Å². The minimum absolute atomic E-state index is 0.131. The molecule has 6 heteroatoms. The molecule has 30 heavy (non-hydrogen) atoms. The molecule has 0 saturated carbocycles. The Kier molecular flexibility index (Phi) is 8.90. The van der Waals surface area contributed by atoms with Crippen LogP contribution in [0.15, 0.2) is 30.3 Å². The van der Waals surface area contributed by atoms with Crippen molar-refractivity contribution in [2.24, 2.45) is 0 Å². The van der Waals surface area contributed by atoms with Crippen LogP contribution in [0.25, 0.3) is 0 Å². The third kappa shape index (κ3) is 6.59. The van der Waals surface area contributed by atoms with Gasteiger partial charge in [-0.1, -0.05) is 39.8 Å². The summed E-state index contributed by atoms with van der Waals surface area (Å²) in [4.78, 5) is 25.5. The highest BCUT2D eigenvalue weighted by molar-refractivity contribution is 7.16. The number of ether oxygens (including phenoxy) is 2. The van der Waals surface area contributed by atoms with E-state index < -0.39 is 5.97 Å². The lowest BCUT2D eigenvalue weighted by atomic mass is 9.82. The van der Waals surface area contributed by atoms with Gasteiger partial charge >= 0.3 is 5.97 Å². The molecular formula is C24H33NO4S. The molecule has 0 unspecified atom stereocenters. The van der Waals surface area contributed by atoms with Crippen molar-refractivity contribution < 1.29 is 19.1 Å². The predicted molar refractivity (Wildman–Crippen MR) is 123 cm³/mol. The molecule has 2 rings (SSSR count). The van der Waals surface area contributed by atoms with Crippen LogP contribution in [0.5, 0.6) is 5.75 Å². The van der Waals surface area contributed by atoms with Crippen LogP contribution in [-0.2, 0) is 21.4 Å². The van der Waals surface area contributed by atoms with Gasteiger partial charge in [-0.25, -0.2) is 4.79 Å². The second-order valence-corrected chi connectivity index (χ2v) is 8.93. The predicted octanol–water partition coefficient (Wildman–Crippen LogP) is 5.97. The average molecular weight is 432 g/mol. The highest BCUT2D eigenvalue weighted by atomic mass is 32.1. The quantitative estimate of drug-likeness (QED) is 0.351. The van der Waals surface area contributed by atoms with Crippen molar-refractivity contribution in [2.45, 2.75) is 65.7 Å². The lowest BCUT2D eigenvalue weighted by molar-refractivity contribution is -0.116. The lowest BCUT2D eigenvalue weighted by Crippen LogP contribution is -2.15. The SMILES string of the molecule is CCOC(=O)c1cc(CC)sc1NC(=O)CCCOc1ccc(C(C)(C)CC)cc1. The van der Waals surface area contributed by atoms with Crippen LogP contribution in [0.3, 0.4) is 0 Å². The van der Waals surface area contributed by atoms with Crippen LogP contribution in [0.1, 0.15) is 74.7 Å².